The molecule has 0 saturated carbocycles. The molecular formula is C16H18FN5O2. The lowest BCUT2D eigenvalue weighted by molar-refractivity contribution is 0.0952. The normalized spacial score (nSPS) is 14.4. The number of anilines is 2. The minimum atomic E-state index is -0.353. The van der Waals surface area contributed by atoms with Gasteiger partial charge in [0.05, 0.1) is 19.0 Å². The number of amides is 1. The largest absolute Gasteiger partial charge is 0.394 e. The molecule has 1 amide bonds. The molecule has 0 radical (unpaired) electrons. The molecule has 3 rings (SSSR count). The van der Waals surface area contributed by atoms with Crippen molar-refractivity contribution in [3.63, 3.8) is 0 Å². The molecule has 1 aliphatic heterocycles. The van der Waals surface area contributed by atoms with E-state index in [1.54, 1.807) is 19.9 Å². The fourth-order valence-corrected chi connectivity index (χ4v) is 2.52. The molecule has 24 heavy (non-hydrogen) atoms. The first kappa shape index (κ1) is 16.1. The Morgan fingerprint density at radius 1 is 1.38 bits per heavy atom. The van der Waals surface area contributed by atoms with Gasteiger partial charge in [-0.1, -0.05) is 0 Å². The average molecular weight is 331 g/mol. The van der Waals surface area contributed by atoms with Gasteiger partial charge in [-0.3, -0.25) is 4.79 Å². The van der Waals surface area contributed by atoms with Gasteiger partial charge in [0, 0.05) is 11.6 Å². The number of aromatic nitrogens is 2. The van der Waals surface area contributed by atoms with Gasteiger partial charge in [-0.15, -0.1) is 0 Å². The summed E-state index contributed by atoms with van der Waals surface area (Å²) in [6, 6.07) is 4.06. The number of carbonyl (C=O) groups is 1. The van der Waals surface area contributed by atoms with Crippen LogP contribution in [0.3, 0.4) is 0 Å². The number of aliphatic hydroxyl groups is 1. The lowest BCUT2D eigenvalue weighted by atomic mass is 10.0. The number of carbonyl (C=O) groups excluding carboxylic acids is 1. The summed E-state index contributed by atoms with van der Waals surface area (Å²) in [5, 5.41) is 17.9. The van der Waals surface area contributed by atoms with E-state index < -0.39 is 0 Å². The van der Waals surface area contributed by atoms with Crippen LogP contribution in [0.15, 0.2) is 18.2 Å². The number of aliphatic hydroxyl groups excluding tert-OH is 1. The smallest absolute Gasteiger partial charge is 0.258 e. The lowest BCUT2D eigenvalue weighted by Gasteiger charge is -2.22. The number of nitrogens with zero attached hydrogens (tertiary/aromatic N) is 2. The Bertz CT molecular complexity index is 796. The van der Waals surface area contributed by atoms with Crippen LogP contribution in [0.4, 0.5) is 16.2 Å². The van der Waals surface area contributed by atoms with Crippen molar-refractivity contribution in [1.82, 2.24) is 15.3 Å². The molecule has 4 N–H and O–H groups in total. The third kappa shape index (κ3) is 3.00. The van der Waals surface area contributed by atoms with Crippen LogP contribution in [0.1, 0.15) is 22.8 Å². The molecule has 0 saturated heterocycles. The van der Waals surface area contributed by atoms with Gasteiger partial charge >= 0.3 is 0 Å². The van der Waals surface area contributed by atoms with E-state index >= 15 is 0 Å². The van der Waals surface area contributed by atoms with Crippen LogP contribution in [0, 0.1) is 12.7 Å². The summed E-state index contributed by atoms with van der Waals surface area (Å²) < 4.78 is 13.4. The van der Waals surface area contributed by atoms with E-state index in [4.69, 9.17) is 0 Å². The molecule has 0 unspecified atom stereocenters. The van der Waals surface area contributed by atoms with Gasteiger partial charge in [0.25, 0.3) is 5.91 Å². The number of benzene rings is 1. The Hall–Kier alpha value is -2.74. The SMILES string of the molecule is Cc1cc(F)ccc1-c1nc(N[C@@H](C)CO)nc2c1C(=O)NCN2. The van der Waals surface area contributed by atoms with Gasteiger partial charge < -0.3 is 21.1 Å². The minimum Gasteiger partial charge on any atom is -0.394 e. The van der Waals surface area contributed by atoms with Crippen LogP contribution in [0.2, 0.25) is 0 Å². The summed E-state index contributed by atoms with van der Waals surface area (Å²) in [5.41, 5.74) is 2.04. The van der Waals surface area contributed by atoms with E-state index in [0.717, 1.165) is 0 Å². The van der Waals surface area contributed by atoms with Crippen LogP contribution in [0.5, 0.6) is 0 Å². The molecule has 0 bridgehead atoms. The zero-order valence-electron chi connectivity index (χ0n) is 13.4. The molecule has 1 aliphatic rings. The van der Waals surface area contributed by atoms with E-state index in [1.165, 1.54) is 12.1 Å². The number of aryl methyl sites for hydroxylation is 1. The van der Waals surface area contributed by atoms with Gasteiger partial charge in [-0.2, -0.15) is 4.98 Å². The van der Waals surface area contributed by atoms with Gasteiger partial charge in [-0.05, 0) is 37.6 Å². The van der Waals surface area contributed by atoms with Crippen molar-refractivity contribution in [1.29, 1.82) is 0 Å². The van der Waals surface area contributed by atoms with Gasteiger partial charge in [0.2, 0.25) is 5.95 Å². The average Bonchev–Trinajstić information content (AvgIpc) is 2.54. The summed E-state index contributed by atoms with van der Waals surface area (Å²) in [6.45, 7) is 3.72. The first-order valence-electron chi connectivity index (χ1n) is 7.57. The van der Waals surface area contributed by atoms with Crippen molar-refractivity contribution < 1.29 is 14.3 Å². The molecule has 1 atom stereocenters. The van der Waals surface area contributed by atoms with Gasteiger partial charge in [-0.25, -0.2) is 9.37 Å². The first-order valence-corrected chi connectivity index (χ1v) is 7.57. The molecule has 0 spiro atoms. The molecule has 126 valence electrons. The minimum absolute atomic E-state index is 0.0841. The van der Waals surface area contributed by atoms with Crippen LogP contribution in [0.25, 0.3) is 11.3 Å². The zero-order chi connectivity index (χ0) is 17.3. The van der Waals surface area contributed by atoms with Crippen LogP contribution >= 0.6 is 0 Å². The first-order chi connectivity index (χ1) is 11.5. The van der Waals surface area contributed by atoms with Crippen LogP contribution in [-0.4, -0.2) is 40.3 Å². The molecule has 0 fully saturated rings. The maximum atomic E-state index is 13.4. The van der Waals surface area contributed by atoms with Crippen molar-refractivity contribution in [2.24, 2.45) is 0 Å². The van der Waals surface area contributed by atoms with E-state index in [9.17, 15) is 14.3 Å². The highest BCUT2D eigenvalue weighted by atomic mass is 19.1. The van der Waals surface area contributed by atoms with Crippen molar-refractivity contribution in [3.05, 3.63) is 35.1 Å². The predicted molar refractivity (Wildman–Crippen MR) is 88.3 cm³/mol. The van der Waals surface area contributed by atoms with Gasteiger partial charge in [0.15, 0.2) is 0 Å². The summed E-state index contributed by atoms with van der Waals surface area (Å²) in [5.74, 6) is 0.0505. The molecule has 8 heteroatoms. The second-order valence-corrected chi connectivity index (χ2v) is 5.67. The van der Waals surface area contributed by atoms with Crippen LogP contribution in [-0.2, 0) is 0 Å². The highest BCUT2D eigenvalue weighted by Gasteiger charge is 2.26. The maximum Gasteiger partial charge on any atom is 0.258 e. The Morgan fingerprint density at radius 2 is 2.17 bits per heavy atom. The Labute approximate surface area is 138 Å². The van der Waals surface area contributed by atoms with Crippen molar-refractivity contribution in [3.8, 4) is 11.3 Å². The zero-order valence-corrected chi connectivity index (χ0v) is 13.4. The summed E-state index contributed by atoms with van der Waals surface area (Å²) in [4.78, 5) is 21.0. The second-order valence-electron chi connectivity index (χ2n) is 5.67. The van der Waals surface area contributed by atoms with E-state index in [-0.39, 0.29) is 37.0 Å². The molecule has 2 heterocycles. The monoisotopic (exact) mass is 331 g/mol. The number of rotatable bonds is 4. The lowest BCUT2D eigenvalue weighted by Crippen LogP contribution is -2.36. The fraction of sp³-hybridized carbons (Fsp3) is 0.312. The number of hydrogen-bond donors (Lipinski definition) is 4. The summed E-state index contributed by atoms with van der Waals surface area (Å²) >= 11 is 0. The van der Waals surface area contributed by atoms with E-state index in [1.807, 2.05) is 0 Å². The third-order valence-electron chi connectivity index (χ3n) is 3.73. The Kier molecular flexibility index (Phi) is 4.30. The molecule has 7 nitrogen and oxygen atoms in total. The van der Waals surface area contributed by atoms with Crippen LogP contribution < -0.4 is 16.0 Å². The van der Waals surface area contributed by atoms with Crippen molar-refractivity contribution in [2.75, 3.05) is 23.9 Å². The number of nitrogens with one attached hydrogen (secondary N) is 3. The molecular weight excluding hydrogens is 313 g/mol. The standard InChI is InChI=1S/C16H18FN5O2/c1-8-5-10(17)3-4-11(8)13-12-14(18-7-19-15(12)24)22-16(21-13)20-9(2)6-23/h3-5,9,23H,6-7H2,1-2H3,(H,19,24)(H2,18,20,21,22)/t9-/m0/s1. The van der Waals surface area contributed by atoms with E-state index in [0.29, 0.717) is 28.2 Å². The number of halogens is 1. The summed E-state index contributed by atoms with van der Waals surface area (Å²) in [7, 11) is 0. The van der Waals surface area contributed by atoms with Crippen molar-refractivity contribution in [2.45, 2.75) is 19.9 Å². The van der Waals surface area contributed by atoms with Gasteiger partial charge in [0.1, 0.15) is 17.2 Å². The number of hydrogen-bond acceptors (Lipinski definition) is 6. The fourth-order valence-electron chi connectivity index (χ4n) is 2.52. The highest BCUT2D eigenvalue weighted by molar-refractivity contribution is 6.06. The van der Waals surface area contributed by atoms with Crippen molar-refractivity contribution >= 4 is 17.7 Å². The van der Waals surface area contributed by atoms with E-state index in [2.05, 4.69) is 25.9 Å². The Morgan fingerprint density at radius 3 is 2.88 bits per heavy atom. The maximum absolute atomic E-state index is 13.4. The summed E-state index contributed by atoms with van der Waals surface area (Å²) in [6.07, 6.45) is 0. The quantitative estimate of drug-likeness (QED) is 0.678. The highest BCUT2D eigenvalue weighted by Crippen LogP contribution is 2.31. The third-order valence-corrected chi connectivity index (χ3v) is 3.73. The molecule has 1 aromatic carbocycles. The number of fused-ring (bicyclic) bond motifs is 1. The second kappa shape index (κ2) is 6.40. The molecule has 2 aromatic rings. The topological polar surface area (TPSA) is 99.2 Å². The molecule has 0 aliphatic carbocycles. The predicted octanol–water partition coefficient (Wildman–Crippen LogP) is 1.50. The molecule has 1 aromatic heterocycles. The Balaban J connectivity index is 2.18.